The lowest BCUT2D eigenvalue weighted by molar-refractivity contribution is 0.150. The Labute approximate surface area is 101 Å². The molecule has 0 aromatic carbocycles. The summed E-state index contributed by atoms with van der Waals surface area (Å²) in [6.45, 7) is 1.94. The van der Waals surface area contributed by atoms with Gasteiger partial charge in [-0.25, -0.2) is 0 Å². The molecule has 0 radical (unpaired) electrons. The molecule has 1 unspecified atom stereocenters. The smallest absolute Gasteiger partial charge is 0.135 e. The molecular formula is C11H11BrO2S. The molecule has 0 saturated carbocycles. The maximum absolute atomic E-state index is 9.95. The monoisotopic (exact) mass is 286 g/mol. The third-order valence-electron chi connectivity index (χ3n) is 2.22. The van der Waals surface area contributed by atoms with Gasteiger partial charge in [0, 0.05) is 21.2 Å². The van der Waals surface area contributed by atoms with E-state index >= 15 is 0 Å². The second-order valence-electron chi connectivity index (χ2n) is 3.42. The lowest BCUT2D eigenvalue weighted by atomic mass is 10.1. The number of furan rings is 1. The van der Waals surface area contributed by atoms with Crippen molar-refractivity contribution in [3.63, 3.8) is 0 Å². The van der Waals surface area contributed by atoms with Crippen molar-refractivity contribution in [2.75, 3.05) is 0 Å². The van der Waals surface area contributed by atoms with Crippen LogP contribution < -0.4 is 0 Å². The standard InChI is InChI=1S/C11H11BrO2S/c1-7-2-3-14-11(7)10(13)5-9-4-8(12)6-15-9/h2-4,6,10,13H,5H2,1H3. The minimum Gasteiger partial charge on any atom is -0.466 e. The summed E-state index contributed by atoms with van der Waals surface area (Å²) in [5.74, 6) is 0.666. The van der Waals surface area contributed by atoms with E-state index in [1.807, 2.05) is 24.4 Å². The summed E-state index contributed by atoms with van der Waals surface area (Å²) in [5.41, 5.74) is 0.998. The van der Waals surface area contributed by atoms with Crippen LogP contribution in [0.1, 0.15) is 22.3 Å². The Bertz CT molecular complexity index is 447. The molecule has 80 valence electrons. The van der Waals surface area contributed by atoms with Gasteiger partial charge in [-0.05, 0) is 40.5 Å². The lowest BCUT2D eigenvalue weighted by Crippen LogP contribution is -2.00. The minimum atomic E-state index is -0.550. The highest BCUT2D eigenvalue weighted by atomic mass is 79.9. The highest BCUT2D eigenvalue weighted by Gasteiger charge is 2.15. The quantitative estimate of drug-likeness (QED) is 0.934. The average Bonchev–Trinajstić information content (AvgIpc) is 2.75. The fourth-order valence-electron chi connectivity index (χ4n) is 1.47. The first-order valence-corrected chi connectivity index (χ1v) is 6.29. The van der Waals surface area contributed by atoms with Gasteiger partial charge < -0.3 is 9.52 Å². The molecule has 2 rings (SSSR count). The van der Waals surface area contributed by atoms with E-state index < -0.39 is 6.10 Å². The predicted molar refractivity (Wildman–Crippen MR) is 64.1 cm³/mol. The van der Waals surface area contributed by atoms with Crippen LogP contribution >= 0.6 is 27.3 Å². The maximum atomic E-state index is 9.95. The zero-order valence-corrected chi connectivity index (χ0v) is 10.6. The molecule has 0 spiro atoms. The number of hydrogen-bond donors (Lipinski definition) is 1. The number of aliphatic hydroxyl groups is 1. The Balaban J connectivity index is 2.10. The highest BCUT2D eigenvalue weighted by Crippen LogP contribution is 2.27. The summed E-state index contributed by atoms with van der Waals surface area (Å²) in [5, 5.41) is 12.0. The molecule has 0 aliphatic rings. The molecular weight excluding hydrogens is 276 g/mol. The Hall–Kier alpha value is -0.580. The first kappa shape index (κ1) is 10.9. The van der Waals surface area contributed by atoms with Crippen LogP contribution in [0.15, 0.2) is 32.7 Å². The zero-order chi connectivity index (χ0) is 10.8. The summed E-state index contributed by atoms with van der Waals surface area (Å²) in [6, 6.07) is 3.88. The molecule has 1 N–H and O–H groups in total. The van der Waals surface area contributed by atoms with E-state index in [1.54, 1.807) is 17.6 Å². The van der Waals surface area contributed by atoms with Crippen molar-refractivity contribution >= 4 is 27.3 Å². The van der Waals surface area contributed by atoms with Crippen LogP contribution in [0.25, 0.3) is 0 Å². The van der Waals surface area contributed by atoms with Crippen LogP contribution in [0.3, 0.4) is 0 Å². The Morgan fingerprint density at radius 2 is 2.40 bits per heavy atom. The average molecular weight is 287 g/mol. The van der Waals surface area contributed by atoms with Crippen molar-refractivity contribution in [2.45, 2.75) is 19.4 Å². The molecule has 2 heterocycles. The molecule has 0 amide bonds. The second-order valence-corrected chi connectivity index (χ2v) is 5.33. The van der Waals surface area contributed by atoms with Crippen LogP contribution in [0.4, 0.5) is 0 Å². The molecule has 1 atom stereocenters. The van der Waals surface area contributed by atoms with Crippen LogP contribution in [0.2, 0.25) is 0 Å². The summed E-state index contributed by atoms with van der Waals surface area (Å²) in [7, 11) is 0. The molecule has 0 aliphatic carbocycles. The van der Waals surface area contributed by atoms with Gasteiger partial charge in [-0.2, -0.15) is 0 Å². The summed E-state index contributed by atoms with van der Waals surface area (Å²) in [6.07, 6.45) is 1.66. The molecule has 0 saturated heterocycles. The summed E-state index contributed by atoms with van der Waals surface area (Å²) in [4.78, 5) is 1.14. The van der Waals surface area contributed by atoms with Gasteiger partial charge in [0.1, 0.15) is 11.9 Å². The van der Waals surface area contributed by atoms with Crippen molar-refractivity contribution in [3.8, 4) is 0 Å². The SMILES string of the molecule is Cc1ccoc1C(O)Cc1cc(Br)cs1. The van der Waals surface area contributed by atoms with Gasteiger partial charge in [0.2, 0.25) is 0 Å². The van der Waals surface area contributed by atoms with Gasteiger partial charge in [-0.1, -0.05) is 0 Å². The zero-order valence-electron chi connectivity index (χ0n) is 8.24. The predicted octanol–water partition coefficient (Wildman–Crippen LogP) is 3.69. The van der Waals surface area contributed by atoms with Crippen LogP contribution in [0, 0.1) is 6.92 Å². The molecule has 4 heteroatoms. The van der Waals surface area contributed by atoms with E-state index in [4.69, 9.17) is 4.42 Å². The maximum Gasteiger partial charge on any atom is 0.135 e. The van der Waals surface area contributed by atoms with Crippen LogP contribution in [0.5, 0.6) is 0 Å². The Morgan fingerprint density at radius 1 is 1.60 bits per heavy atom. The molecule has 0 fully saturated rings. The van der Waals surface area contributed by atoms with Gasteiger partial charge in [-0.15, -0.1) is 11.3 Å². The van der Waals surface area contributed by atoms with E-state index in [1.165, 1.54) is 0 Å². The number of thiophene rings is 1. The Morgan fingerprint density at radius 3 is 2.93 bits per heavy atom. The van der Waals surface area contributed by atoms with Gasteiger partial charge in [0.05, 0.1) is 6.26 Å². The number of aliphatic hydroxyl groups excluding tert-OH is 1. The first-order valence-electron chi connectivity index (χ1n) is 4.62. The summed E-state index contributed by atoms with van der Waals surface area (Å²) >= 11 is 5.02. The third-order valence-corrected chi connectivity index (χ3v) is 3.94. The van der Waals surface area contributed by atoms with Crippen LogP contribution in [-0.2, 0) is 6.42 Å². The topological polar surface area (TPSA) is 33.4 Å². The van der Waals surface area contributed by atoms with E-state index in [9.17, 15) is 5.11 Å². The fourth-order valence-corrected chi connectivity index (χ4v) is 2.96. The van der Waals surface area contributed by atoms with Gasteiger partial charge >= 0.3 is 0 Å². The normalized spacial score (nSPS) is 13.0. The molecule has 2 aromatic rings. The van der Waals surface area contributed by atoms with E-state index in [0.717, 1.165) is 14.9 Å². The number of hydrogen-bond acceptors (Lipinski definition) is 3. The molecule has 15 heavy (non-hydrogen) atoms. The van der Waals surface area contributed by atoms with Crippen molar-refractivity contribution in [2.24, 2.45) is 0 Å². The number of rotatable bonds is 3. The van der Waals surface area contributed by atoms with Gasteiger partial charge in [-0.3, -0.25) is 0 Å². The summed E-state index contributed by atoms with van der Waals surface area (Å²) < 4.78 is 6.31. The first-order chi connectivity index (χ1) is 7.16. The molecule has 2 aromatic heterocycles. The molecule has 0 aliphatic heterocycles. The molecule has 2 nitrogen and oxygen atoms in total. The third kappa shape index (κ3) is 2.51. The number of halogens is 1. The lowest BCUT2D eigenvalue weighted by Gasteiger charge is -2.06. The van der Waals surface area contributed by atoms with E-state index in [-0.39, 0.29) is 0 Å². The largest absolute Gasteiger partial charge is 0.466 e. The van der Waals surface area contributed by atoms with Crippen molar-refractivity contribution in [1.82, 2.24) is 0 Å². The van der Waals surface area contributed by atoms with E-state index in [0.29, 0.717) is 12.2 Å². The van der Waals surface area contributed by atoms with E-state index in [2.05, 4.69) is 15.9 Å². The van der Waals surface area contributed by atoms with Crippen LogP contribution in [-0.4, -0.2) is 5.11 Å². The minimum absolute atomic E-state index is 0.550. The molecule has 0 bridgehead atoms. The van der Waals surface area contributed by atoms with Gasteiger partial charge in [0.15, 0.2) is 0 Å². The van der Waals surface area contributed by atoms with Crippen molar-refractivity contribution < 1.29 is 9.52 Å². The second kappa shape index (κ2) is 4.51. The van der Waals surface area contributed by atoms with Crippen molar-refractivity contribution in [1.29, 1.82) is 0 Å². The Kier molecular flexibility index (Phi) is 3.29. The van der Waals surface area contributed by atoms with Crippen molar-refractivity contribution in [3.05, 3.63) is 44.4 Å². The number of aryl methyl sites for hydroxylation is 1. The highest BCUT2D eigenvalue weighted by molar-refractivity contribution is 9.10. The van der Waals surface area contributed by atoms with Gasteiger partial charge in [0.25, 0.3) is 0 Å². The fraction of sp³-hybridized carbons (Fsp3) is 0.273.